The Morgan fingerprint density at radius 3 is 3.10 bits per heavy atom. The molecule has 50 valence electrons. The average molecular weight is 135 g/mol. The number of furan rings is 1. The van der Waals surface area contributed by atoms with E-state index in [9.17, 15) is 0 Å². The van der Waals surface area contributed by atoms with Gasteiger partial charge in [-0.3, -0.25) is 4.98 Å². The monoisotopic (exact) mass is 135 g/mol. The lowest BCUT2D eigenvalue weighted by molar-refractivity contribution is 0.464. The number of pyridine rings is 1. The third-order valence-electron chi connectivity index (χ3n) is 1.32. The Balaban J connectivity index is 2.95. The van der Waals surface area contributed by atoms with Crippen LogP contribution in [0.3, 0.4) is 0 Å². The van der Waals surface area contributed by atoms with E-state index in [4.69, 9.17) is 9.52 Å². The largest absolute Gasteiger partial charge is 0.504 e. The van der Waals surface area contributed by atoms with Gasteiger partial charge in [-0.15, -0.1) is 0 Å². The third-order valence-corrected chi connectivity index (χ3v) is 1.32. The summed E-state index contributed by atoms with van der Waals surface area (Å²) < 4.78 is 4.94. The van der Waals surface area contributed by atoms with Crippen LogP contribution in [0.25, 0.3) is 11.1 Å². The molecule has 2 heterocycles. The van der Waals surface area contributed by atoms with E-state index in [2.05, 4.69) is 4.98 Å². The van der Waals surface area contributed by atoms with Gasteiger partial charge in [-0.1, -0.05) is 0 Å². The fourth-order valence-electron chi connectivity index (χ4n) is 0.860. The van der Waals surface area contributed by atoms with Crippen molar-refractivity contribution in [1.82, 2.24) is 4.98 Å². The van der Waals surface area contributed by atoms with Crippen molar-refractivity contribution >= 4 is 11.1 Å². The van der Waals surface area contributed by atoms with Gasteiger partial charge >= 0.3 is 0 Å². The van der Waals surface area contributed by atoms with E-state index >= 15 is 0 Å². The summed E-state index contributed by atoms with van der Waals surface area (Å²) in [6.45, 7) is 0. The summed E-state index contributed by atoms with van der Waals surface area (Å²) in [5.41, 5.74) is 1.13. The quantitative estimate of drug-likeness (QED) is 0.595. The normalized spacial score (nSPS) is 10.4. The maximum atomic E-state index is 9.13. The molecule has 3 heteroatoms. The highest BCUT2D eigenvalue weighted by Gasteiger charge is 2.00. The molecule has 1 N–H and O–H groups in total. The van der Waals surface area contributed by atoms with Crippen molar-refractivity contribution in [1.29, 1.82) is 0 Å². The van der Waals surface area contributed by atoms with Gasteiger partial charge in [0.2, 0.25) is 0 Å². The maximum absolute atomic E-state index is 9.13. The number of aromatic hydroxyl groups is 1. The zero-order chi connectivity index (χ0) is 6.97. The fourth-order valence-corrected chi connectivity index (χ4v) is 0.860. The summed E-state index contributed by atoms with van der Waals surface area (Å²) in [5.74, 6) is 0.134. The first kappa shape index (κ1) is 5.29. The van der Waals surface area contributed by atoms with Crippen LogP contribution in [0.15, 0.2) is 29.0 Å². The molecule has 0 amide bonds. The van der Waals surface area contributed by atoms with Gasteiger partial charge in [0.1, 0.15) is 5.52 Å². The summed E-state index contributed by atoms with van der Waals surface area (Å²) in [7, 11) is 0. The van der Waals surface area contributed by atoms with Gasteiger partial charge in [0, 0.05) is 18.3 Å². The molecule has 0 aromatic carbocycles. The van der Waals surface area contributed by atoms with E-state index in [-0.39, 0.29) is 5.75 Å². The SMILES string of the molecule is Oc1ccnc2ccoc12. The predicted molar refractivity (Wildman–Crippen MR) is 35.7 cm³/mol. The van der Waals surface area contributed by atoms with Crippen molar-refractivity contribution in [2.45, 2.75) is 0 Å². The van der Waals surface area contributed by atoms with Crippen LogP contribution in [0, 0.1) is 0 Å². The Morgan fingerprint density at radius 1 is 1.40 bits per heavy atom. The highest BCUT2D eigenvalue weighted by atomic mass is 16.3. The average Bonchev–Trinajstić information content (AvgIpc) is 2.36. The molecule has 0 aliphatic carbocycles. The number of fused-ring (bicyclic) bond motifs is 1. The van der Waals surface area contributed by atoms with Crippen molar-refractivity contribution < 1.29 is 9.52 Å². The Hall–Kier alpha value is -1.51. The van der Waals surface area contributed by atoms with E-state index in [0.717, 1.165) is 0 Å². The first-order chi connectivity index (χ1) is 4.88. The standard InChI is InChI=1S/C7H5NO2/c9-6-1-3-8-5-2-4-10-7(5)6/h1-4H,(H,8,9). The molecule has 3 nitrogen and oxygen atoms in total. The zero-order valence-electron chi connectivity index (χ0n) is 5.11. The van der Waals surface area contributed by atoms with Crippen LogP contribution in [0.5, 0.6) is 5.75 Å². The minimum Gasteiger partial charge on any atom is -0.504 e. The predicted octanol–water partition coefficient (Wildman–Crippen LogP) is 1.53. The van der Waals surface area contributed by atoms with E-state index < -0.39 is 0 Å². The number of hydrogen-bond donors (Lipinski definition) is 1. The summed E-state index contributed by atoms with van der Waals surface area (Å²) >= 11 is 0. The molecule has 0 fully saturated rings. The smallest absolute Gasteiger partial charge is 0.193 e. The number of nitrogens with zero attached hydrogens (tertiary/aromatic N) is 1. The molecule has 0 saturated heterocycles. The van der Waals surface area contributed by atoms with Crippen LogP contribution < -0.4 is 0 Å². The molecule has 0 saturated carbocycles. The number of hydrogen-bond acceptors (Lipinski definition) is 3. The zero-order valence-corrected chi connectivity index (χ0v) is 5.11. The molecule has 0 aliphatic rings. The Kier molecular flexibility index (Phi) is 0.917. The lowest BCUT2D eigenvalue weighted by atomic mass is 10.4. The van der Waals surface area contributed by atoms with Crippen LogP contribution in [0.1, 0.15) is 0 Å². The molecule has 0 unspecified atom stereocenters. The van der Waals surface area contributed by atoms with Gasteiger partial charge in [0.05, 0.1) is 6.26 Å². The number of rotatable bonds is 0. The van der Waals surface area contributed by atoms with Gasteiger partial charge in [-0.2, -0.15) is 0 Å². The van der Waals surface area contributed by atoms with E-state index in [1.54, 1.807) is 6.07 Å². The van der Waals surface area contributed by atoms with E-state index in [0.29, 0.717) is 11.1 Å². The van der Waals surface area contributed by atoms with Crippen LogP contribution in [0.4, 0.5) is 0 Å². The van der Waals surface area contributed by atoms with Gasteiger partial charge < -0.3 is 9.52 Å². The van der Waals surface area contributed by atoms with Crippen molar-refractivity contribution in [2.75, 3.05) is 0 Å². The molecule has 0 radical (unpaired) electrons. The van der Waals surface area contributed by atoms with Gasteiger partial charge in [0.15, 0.2) is 11.3 Å². The molecular formula is C7H5NO2. The second-order valence-corrected chi connectivity index (χ2v) is 1.97. The van der Waals surface area contributed by atoms with Crippen molar-refractivity contribution in [3.05, 3.63) is 24.6 Å². The molecule has 10 heavy (non-hydrogen) atoms. The van der Waals surface area contributed by atoms with Crippen LogP contribution in [0.2, 0.25) is 0 Å². The first-order valence-corrected chi connectivity index (χ1v) is 2.89. The van der Waals surface area contributed by atoms with E-state index in [1.807, 2.05) is 0 Å². The Labute approximate surface area is 56.9 Å². The Morgan fingerprint density at radius 2 is 2.30 bits per heavy atom. The lowest BCUT2D eigenvalue weighted by Crippen LogP contribution is -1.70. The third kappa shape index (κ3) is 0.572. The lowest BCUT2D eigenvalue weighted by Gasteiger charge is -1.88. The number of aromatic nitrogens is 1. The molecule has 0 bridgehead atoms. The summed E-state index contributed by atoms with van der Waals surface area (Å²) in [6.07, 6.45) is 3.03. The van der Waals surface area contributed by atoms with E-state index in [1.165, 1.54) is 18.5 Å². The van der Waals surface area contributed by atoms with Gasteiger partial charge in [0.25, 0.3) is 0 Å². The highest BCUT2D eigenvalue weighted by molar-refractivity contribution is 5.78. The molecular weight excluding hydrogens is 130 g/mol. The van der Waals surface area contributed by atoms with Crippen LogP contribution in [-0.2, 0) is 0 Å². The van der Waals surface area contributed by atoms with Crippen molar-refractivity contribution in [3.63, 3.8) is 0 Å². The minimum absolute atomic E-state index is 0.134. The maximum Gasteiger partial charge on any atom is 0.193 e. The second-order valence-electron chi connectivity index (χ2n) is 1.97. The molecule has 0 atom stereocenters. The van der Waals surface area contributed by atoms with Gasteiger partial charge in [-0.05, 0) is 0 Å². The van der Waals surface area contributed by atoms with Crippen molar-refractivity contribution in [3.8, 4) is 5.75 Å². The second kappa shape index (κ2) is 1.73. The van der Waals surface area contributed by atoms with Gasteiger partial charge in [-0.25, -0.2) is 0 Å². The van der Waals surface area contributed by atoms with Crippen LogP contribution >= 0.6 is 0 Å². The summed E-state index contributed by atoms with van der Waals surface area (Å²) in [6, 6.07) is 3.20. The molecule has 2 aromatic heterocycles. The first-order valence-electron chi connectivity index (χ1n) is 2.89. The molecule has 2 rings (SSSR count). The topological polar surface area (TPSA) is 46.3 Å². The minimum atomic E-state index is 0.134. The molecule has 0 aliphatic heterocycles. The summed E-state index contributed by atoms with van der Waals surface area (Å²) in [4.78, 5) is 3.95. The fraction of sp³-hybridized carbons (Fsp3) is 0. The van der Waals surface area contributed by atoms with Crippen molar-refractivity contribution in [2.24, 2.45) is 0 Å². The van der Waals surface area contributed by atoms with Crippen LogP contribution in [-0.4, -0.2) is 10.1 Å². The molecule has 0 spiro atoms. The highest BCUT2D eigenvalue weighted by Crippen LogP contribution is 2.21. The Bertz CT molecular complexity index is 353. The summed E-state index contributed by atoms with van der Waals surface area (Å²) in [5, 5.41) is 9.13. The molecule has 2 aromatic rings.